The molecule has 184 valence electrons. The SMILES string of the molecule is CCC(C)C(N)C(=O)NC(C)C(=O)NC(CCC(=O)O)C(=O)NC(Cc1cnc[nH]1)C(=O)O. The Kier molecular flexibility index (Phi) is 11.0. The fourth-order valence-corrected chi connectivity index (χ4v) is 2.81. The maximum absolute atomic E-state index is 12.7. The molecule has 0 fully saturated rings. The molecule has 0 spiro atoms. The Labute approximate surface area is 190 Å². The Morgan fingerprint density at radius 3 is 2.18 bits per heavy atom. The van der Waals surface area contributed by atoms with Crippen LogP contribution in [0.3, 0.4) is 0 Å². The van der Waals surface area contributed by atoms with Crippen molar-refractivity contribution in [1.29, 1.82) is 0 Å². The first-order valence-corrected chi connectivity index (χ1v) is 10.5. The second kappa shape index (κ2) is 13.2. The largest absolute Gasteiger partial charge is 0.481 e. The molecule has 1 rings (SSSR count). The second-order valence-corrected chi connectivity index (χ2v) is 7.82. The highest BCUT2D eigenvalue weighted by Gasteiger charge is 2.30. The van der Waals surface area contributed by atoms with Crippen molar-refractivity contribution >= 4 is 29.7 Å². The van der Waals surface area contributed by atoms with E-state index in [1.165, 1.54) is 19.4 Å². The van der Waals surface area contributed by atoms with E-state index in [0.717, 1.165) is 0 Å². The molecular formula is C20H32N6O7. The number of aromatic amines is 1. The maximum Gasteiger partial charge on any atom is 0.326 e. The number of rotatable bonds is 14. The van der Waals surface area contributed by atoms with Gasteiger partial charge in [0, 0.05) is 24.7 Å². The van der Waals surface area contributed by atoms with E-state index in [2.05, 4.69) is 25.9 Å². The van der Waals surface area contributed by atoms with Crippen LogP contribution in [0, 0.1) is 5.92 Å². The van der Waals surface area contributed by atoms with Crippen LogP contribution in [-0.2, 0) is 30.4 Å². The average molecular weight is 469 g/mol. The molecule has 1 aromatic rings. The number of imidazole rings is 1. The lowest BCUT2D eigenvalue weighted by molar-refractivity contribution is -0.143. The van der Waals surface area contributed by atoms with Gasteiger partial charge >= 0.3 is 11.9 Å². The smallest absolute Gasteiger partial charge is 0.326 e. The van der Waals surface area contributed by atoms with Crippen LogP contribution in [0.15, 0.2) is 12.5 Å². The number of nitrogens with two attached hydrogens (primary N) is 1. The van der Waals surface area contributed by atoms with E-state index >= 15 is 0 Å². The van der Waals surface area contributed by atoms with Gasteiger partial charge in [0.05, 0.1) is 12.4 Å². The van der Waals surface area contributed by atoms with E-state index in [1.54, 1.807) is 6.92 Å². The zero-order valence-electron chi connectivity index (χ0n) is 18.8. The molecule has 33 heavy (non-hydrogen) atoms. The fraction of sp³-hybridized carbons (Fsp3) is 0.600. The summed E-state index contributed by atoms with van der Waals surface area (Å²) in [5.74, 6) is -4.78. The topological polar surface area (TPSA) is 217 Å². The summed E-state index contributed by atoms with van der Waals surface area (Å²) in [5.41, 5.74) is 6.31. The quantitative estimate of drug-likeness (QED) is 0.173. The van der Waals surface area contributed by atoms with Crippen LogP contribution in [0.4, 0.5) is 0 Å². The fourth-order valence-electron chi connectivity index (χ4n) is 2.81. The Balaban J connectivity index is 2.84. The Hall–Kier alpha value is -3.48. The summed E-state index contributed by atoms with van der Waals surface area (Å²) in [6, 6.07) is -4.56. The summed E-state index contributed by atoms with van der Waals surface area (Å²) < 4.78 is 0. The van der Waals surface area contributed by atoms with E-state index < -0.39 is 60.2 Å². The Morgan fingerprint density at radius 2 is 1.67 bits per heavy atom. The Bertz CT molecular complexity index is 829. The van der Waals surface area contributed by atoms with E-state index in [9.17, 15) is 29.1 Å². The van der Waals surface area contributed by atoms with E-state index in [0.29, 0.717) is 12.1 Å². The van der Waals surface area contributed by atoms with Crippen molar-refractivity contribution < 1.29 is 34.2 Å². The number of amides is 3. The molecule has 5 unspecified atom stereocenters. The number of carbonyl (C=O) groups excluding carboxylic acids is 3. The number of hydrogen-bond acceptors (Lipinski definition) is 7. The summed E-state index contributed by atoms with van der Waals surface area (Å²) in [6.45, 7) is 5.06. The normalized spacial score (nSPS) is 15.4. The first kappa shape index (κ1) is 27.6. The van der Waals surface area contributed by atoms with Gasteiger partial charge in [0.1, 0.15) is 18.1 Å². The average Bonchev–Trinajstić information content (AvgIpc) is 3.27. The predicted molar refractivity (Wildman–Crippen MR) is 116 cm³/mol. The van der Waals surface area contributed by atoms with Crippen molar-refractivity contribution in [3.63, 3.8) is 0 Å². The molecule has 0 aliphatic carbocycles. The Morgan fingerprint density at radius 1 is 1.03 bits per heavy atom. The zero-order valence-corrected chi connectivity index (χ0v) is 18.8. The number of carbonyl (C=O) groups is 5. The highest BCUT2D eigenvalue weighted by molar-refractivity contribution is 5.94. The van der Waals surface area contributed by atoms with Crippen LogP contribution in [0.5, 0.6) is 0 Å². The van der Waals surface area contributed by atoms with Gasteiger partial charge < -0.3 is 36.9 Å². The third-order valence-corrected chi connectivity index (χ3v) is 5.19. The van der Waals surface area contributed by atoms with Gasteiger partial charge in [0.15, 0.2) is 0 Å². The molecule has 0 aliphatic rings. The third kappa shape index (κ3) is 9.27. The number of nitrogens with zero attached hydrogens (tertiary/aromatic N) is 1. The van der Waals surface area contributed by atoms with Crippen molar-refractivity contribution in [1.82, 2.24) is 25.9 Å². The molecule has 0 aliphatic heterocycles. The molecular weight excluding hydrogens is 436 g/mol. The summed E-state index contributed by atoms with van der Waals surface area (Å²) in [4.78, 5) is 66.5. The monoisotopic (exact) mass is 468 g/mol. The molecule has 3 amide bonds. The van der Waals surface area contributed by atoms with Gasteiger partial charge in [0.2, 0.25) is 17.7 Å². The lowest BCUT2D eigenvalue weighted by Crippen LogP contribution is -2.57. The van der Waals surface area contributed by atoms with E-state index in [1.807, 2.05) is 6.92 Å². The molecule has 0 saturated carbocycles. The molecule has 13 nitrogen and oxygen atoms in total. The van der Waals surface area contributed by atoms with Gasteiger partial charge in [-0.1, -0.05) is 20.3 Å². The van der Waals surface area contributed by atoms with Crippen LogP contribution in [-0.4, -0.2) is 74.0 Å². The summed E-state index contributed by atoms with van der Waals surface area (Å²) in [6.07, 6.45) is 2.60. The van der Waals surface area contributed by atoms with Crippen molar-refractivity contribution in [3.8, 4) is 0 Å². The van der Waals surface area contributed by atoms with E-state index in [4.69, 9.17) is 10.8 Å². The molecule has 5 atom stereocenters. The second-order valence-electron chi connectivity index (χ2n) is 7.82. The number of hydrogen-bond donors (Lipinski definition) is 7. The van der Waals surface area contributed by atoms with Crippen LogP contribution in [0.1, 0.15) is 45.7 Å². The van der Waals surface area contributed by atoms with Crippen molar-refractivity contribution in [3.05, 3.63) is 18.2 Å². The van der Waals surface area contributed by atoms with Crippen LogP contribution >= 0.6 is 0 Å². The maximum atomic E-state index is 12.7. The van der Waals surface area contributed by atoms with Gasteiger partial charge in [-0.05, 0) is 19.3 Å². The summed E-state index contributed by atoms with van der Waals surface area (Å²) >= 11 is 0. The van der Waals surface area contributed by atoms with E-state index in [-0.39, 0.29) is 18.8 Å². The minimum atomic E-state index is -1.34. The lowest BCUT2D eigenvalue weighted by atomic mass is 9.99. The molecule has 0 saturated heterocycles. The number of carboxylic acids is 2. The number of aromatic nitrogens is 2. The highest BCUT2D eigenvalue weighted by Crippen LogP contribution is 2.06. The van der Waals surface area contributed by atoms with Gasteiger partial charge in [-0.3, -0.25) is 19.2 Å². The minimum Gasteiger partial charge on any atom is -0.481 e. The highest BCUT2D eigenvalue weighted by atomic mass is 16.4. The molecule has 0 aromatic carbocycles. The molecule has 8 N–H and O–H groups in total. The number of nitrogens with one attached hydrogen (secondary N) is 4. The predicted octanol–water partition coefficient (Wildman–Crippen LogP) is -1.25. The zero-order chi connectivity index (χ0) is 25.1. The third-order valence-electron chi connectivity index (χ3n) is 5.19. The van der Waals surface area contributed by atoms with Gasteiger partial charge in [-0.25, -0.2) is 9.78 Å². The molecule has 13 heteroatoms. The van der Waals surface area contributed by atoms with Gasteiger partial charge in [0.25, 0.3) is 0 Å². The summed E-state index contributed by atoms with van der Waals surface area (Å²) in [5, 5.41) is 25.5. The molecule has 1 aromatic heterocycles. The standard InChI is InChI=1S/C20H32N6O7/c1-4-10(2)16(21)19(31)24-11(3)17(29)25-13(5-6-15(27)28)18(30)26-14(20(32)33)7-12-8-22-9-23-12/h8-11,13-14,16H,4-7,21H2,1-3H3,(H,22,23)(H,24,31)(H,25,29)(H,26,30)(H,27,28)(H,32,33). The van der Waals surface area contributed by atoms with Crippen molar-refractivity contribution in [2.75, 3.05) is 0 Å². The van der Waals surface area contributed by atoms with Crippen LogP contribution in [0.25, 0.3) is 0 Å². The summed E-state index contributed by atoms with van der Waals surface area (Å²) in [7, 11) is 0. The van der Waals surface area contributed by atoms with Gasteiger partial charge in [-0.15, -0.1) is 0 Å². The molecule has 0 radical (unpaired) electrons. The van der Waals surface area contributed by atoms with Crippen LogP contribution in [0.2, 0.25) is 0 Å². The van der Waals surface area contributed by atoms with Crippen molar-refractivity contribution in [2.45, 2.75) is 70.6 Å². The van der Waals surface area contributed by atoms with Crippen molar-refractivity contribution in [2.24, 2.45) is 11.7 Å². The molecule has 0 bridgehead atoms. The first-order valence-electron chi connectivity index (χ1n) is 10.5. The molecule has 1 heterocycles. The number of H-pyrrole nitrogens is 1. The van der Waals surface area contributed by atoms with Crippen LogP contribution < -0.4 is 21.7 Å². The lowest BCUT2D eigenvalue weighted by Gasteiger charge is -2.24. The number of aliphatic carboxylic acids is 2. The first-order chi connectivity index (χ1) is 15.5. The minimum absolute atomic E-state index is 0.0966. The number of carboxylic acid groups (broad SMARTS) is 2. The van der Waals surface area contributed by atoms with Gasteiger partial charge in [-0.2, -0.15) is 0 Å².